The number of benzene rings is 1. The number of hydrogen-bond donors (Lipinski definition) is 1. The molecular formula is C13H16N2O. The van der Waals surface area contributed by atoms with Gasteiger partial charge in [-0.25, -0.2) is 4.98 Å². The minimum atomic E-state index is 0.184. The first-order chi connectivity index (χ1) is 7.72. The summed E-state index contributed by atoms with van der Waals surface area (Å²) in [6, 6.07) is 6.37. The zero-order valence-electron chi connectivity index (χ0n) is 9.44. The smallest absolute Gasteiger partial charge is 0.198 e. The molecule has 0 amide bonds. The van der Waals surface area contributed by atoms with Crippen LogP contribution in [-0.2, 0) is 6.42 Å². The average molecular weight is 216 g/mol. The van der Waals surface area contributed by atoms with E-state index in [4.69, 9.17) is 10.2 Å². The van der Waals surface area contributed by atoms with Gasteiger partial charge < -0.3 is 10.2 Å². The van der Waals surface area contributed by atoms with Gasteiger partial charge in [0.15, 0.2) is 11.5 Å². The van der Waals surface area contributed by atoms with E-state index in [1.165, 1.54) is 18.4 Å². The number of hydrogen-bond acceptors (Lipinski definition) is 3. The number of nitrogens with zero attached hydrogens (tertiary/aromatic N) is 1. The summed E-state index contributed by atoms with van der Waals surface area (Å²) in [5, 5.41) is 0. The summed E-state index contributed by atoms with van der Waals surface area (Å²) in [4.78, 5) is 4.50. The number of nitrogens with two attached hydrogens (primary N) is 1. The Balaban J connectivity index is 1.96. The van der Waals surface area contributed by atoms with Crippen LogP contribution in [0.5, 0.6) is 0 Å². The van der Waals surface area contributed by atoms with Crippen LogP contribution >= 0.6 is 0 Å². The quantitative estimate of drug-likeness (QED) is 0.858. The fraction of sp³-hybridized carbons (Fsp3) is 0.462. The van der Waals surface area contributed by atoms with Crippen molar-refractivity contribution >= 4 is 11.1 Å². The van der Waals surface area contributed by atoms with Crippen molar-refractivity contribution in [3.05, 3.63) is 29.7 Å². The Morgan fingerprint density at radius 1 is 1.50 bits per heavy atom. The summed E-state index contributed by atoms with van der Waals surface area (Å²) in [7, 11) is 0. The van der Waals surface area contributed by atoms with Crippen molar-refractivity contribution in [3.8, 4) is 0 Å². The summed E-state index contributed by atoms with van der Waals surface area (Å²) in [6.07, 6.45) is 3.33. The third-order valence-corrected chi connectivity index (χ3v) is 2.95. The average Bonchev–Trinajstić information content (AvgIpc) is 2.98. The molecular weight excluding hydrogens is 200 g/mol. The van der Waals surface area contributed by atoms with Gasteiger partial charge in [-0.15, -0.1) is 0 Å². The van der Waals surface area contributed by atoms with Crippen molar-refractivity contribution in [2.75, 3.05) is 0 Å². The fourth-order valence-corrected chi connectivity index (χ4v) is 1.99. The summed E-state index contributed by atoms with van der Waals surface area (Å²) in [6.45, 7) is 2.01. The topological polar surface area (TPSA) is 52.0 Å². The van der Waals surface area contributed by atoms with E-state index in [0.29, 0.717) is 5.92 Å². The molecule has 16 heavy (non-hydrogen) atoms. The molecule has 1 aliphatic carbocycles. The van der Waals surface area contributed by atoms with E-state index in [1.54, 1.807) is 0 Å². The molecule has 3 nitrogen and oxygen atoms in total. The highest BCUT2D eigenvalue weighted by molar-refractivity contribution is 5.73. The van der Waals surface area contributed by atoms with E-state index in [2.05, 4.69) is 17.1 Å². The van der Waals surface area contributed by atoms with Gasteiger partial charge in [-0.05, 0) is 43.9 Å². The highest BCUT2D eigenvalue weighted by atomic mass is 16.3. The van der Waals surface area contributed by atoms with Gasteiger partial charge in [0.1, 0.15) is 5.52 Å². The molecule has 2 aromatic rings. The lowest BCUT2D eigenvalue weighted by Crippen LogP contribution is -2.17. The molecule has 1 aromatic heterocycles. The van der Waals surface area contributed by atoms with Crippen LogP contribution in [0.1, 0.15) is 37.1 Å². The van der Waals surface area contributed by atoms with Crippen molar-refractivity contribution in [1.82, 2.24) is 4.98 Å². The summed E-state index contributed by atoms with van der Waals surface area (Å²) < 4.78 is 5.76. The van der Waals surface area contributed by atoms with Crippen LogP contribution in [-0.4, -0.2) is 11.0 Å². The van der Waals surface area contributed by atoms with Crippen LogP contribution in [0.4, 0.5) is 0 Å². The molecule has 1 fully saturated rings. The van der Waals surface area contributed by atoms with Gasteiger partial charge in [-0.1, -0.05) is 6.07 Å². The number of rotatable bonds is 3. The minimum absolute atomic E-state index is 0.184. The minimum Gasteiger partial charge on any atom is -0.440 e. The Labute approximate surface area is 94.7 Å². The van der Waals surface area contributed by atoms with Crippen molar-refractivity contribution in [2.24, 2.45) is 5.73 Å². The number of fused-ring (bicyclic) bond motifs is 1. The first kappa shape index (κ1) is 9.85. The largest absolute Gasteiger partial charge is 0.440 e. The van der Waals surface area contributed by atoms with E-state index < -0.39 is 0 Å². The maximum absolute atomic E-state index is 5.79. The Hall–Kier alpha value is -1.35. The zero-order valence-corrected chi connectivity index (χ0v) is 9.44. The van der Waals surface area contributed by atoms with E-state index >= 15 is 0 Å². The van der Waals surface area contributed by atoms with E-state index in [1.807, 2.05) is 13.0 Å². The molecule has 2 N–H and O–H groups in total. The van der Waals surface area contributed by atoms with Crippen LogP contribution in [0.25, 0.3) is 11.1 Å². The lowest BCUT2D eigenvalue weighted by atomic mass is 10.1. The predicted octanol–water partition coefficient (Wildman–Crippen LogP) is 2.59. The normalized spacial score (nSPS) is 17.9. The molecule has 0 radical (unpaired) electrons. The lowest BCUT2D eigenvalue weighted by Gasteiger charge is -2.03. The Morgan fingerprint density at radius 3 is 3.00 bits per heavy atom. The fourth-order valence-electron chi connectivity index (χ4n) is 1.99. The van der Waals surface area contributed by atoms with Crippen molar-refractivity contribution in [2.45, 2.75) is 38.1 Å². The summed E-state index contributed by atoms with van der Waals surface area (Å²) in [5.74, 6) is 1.48. The zero-order chi connectivity index (χ0) is 11.1. The Bertz CT molecular complexity index is 512. The Kier molecular flexibility index (Phi) is 2.21. The molecule has 1 unspecified atom stereocenters. The molecule has 3 rings (SSSR count). The summed E-state index contributed by atoms with van der Waals surface area (Å²) in [5.41, 5.74) is 8.88. The van der Waals surface area contributed by atoms with E-state index in [9.17, 15) is 0 Å². The van der Waals surface area contributed by atoms with Gasteiger partial charge >= 0.3 is 0 Å². The van der Waals surface area contributed by atoms with Crippen LogP contribution in [0.3, 0.4) is 0 Å². The molecule has 0 saturated heterocycles. The monoisotopic (exact) mass is 216 g/mol. The van der Waals surface area contributed by atoms with Gasteiger partial charge in [0.25, 0.3) is 0 Å². The maximum Gasteiger partial charge on any atom is 0.198 e. The van der Waals surface area contributed by atoms with Gasteiger partial charge in [-0.2, -0.15) is 0 Å². The van der Waals surface area contributed by atoms with Gasteiger partial charge in [0, 0.05) is 12.0 Å². The van der Waals surface area contributed by atoms with Crippen LogP contribution in [0.2, 0.25) is 0 Å². The second-order valence-corrected chi connectivity index (χ2v) is 4.81. The third-order valence-electron chi connectivity index (χ3n) is 2.95. The molecule has 0 bridgehead atoms. The van der Waals surface area contributed by atoms with Gasteiger partial charge in [0.05, 0.1) is 0 Å². The highest BCUT2D eigenvalue weighted by Gasteiger charge is 2.28. The third kappa shape index (κ3) is 1.83. The molecule has 0 spiro atoms. The maximum atomic E-state index is 5.79. The summed E-state index contributed by atoms with van der Waals surface area (Å²) >= 11 is 0. The van der Waals surface area contributed by atoms with Crippen molar-refractivity contribution in [3.63, 3.8) is 0 Å². The molecule has 1 heterocycles. The van der Waals surface area contributed by atoms with Crippen LogP contribution in [0.15, 0.2) is 22.6 Å². The number of oxazole rings is 1. The van der Waals surface area contributed by atoms with Crippen LogP contribution in [0, 0.1) is 0 Å². The molecule has 3 heteroatoms. The first-order valence-electron chi connectivity index (χ1n) is 5.87. The highest BCUT2D eigenvalue weighted by Crippen LogP contribution is 2.40. The first-order valence-corrected chi connectivity index (χ1v) is 5.87. The molecule has 1 aromatic carbocycles. The second-order valence-electron chi connectivity index (χ2n) is 4.81. The molecule has 0 aliphatic heterocycles. The van der Waals surface area contributed by atoms with Gasteiger partial charge in [-0.3, -0.25) is 0 Å². The van der Waals surface area contributed by atoms with Crippen molar-refractivity contribution < 1.29 is 4.42 Å². The van der Waals surface area contributed by atoms with E-state index in [-0.39, 0.29) is 6.04 Å². The molecule has 1 aliphatic rings. The predicted molar refractivity (Wildman–Crippen MR) is 63.3 cm³/mol. The van der Waals surface area contributed by atoms with Crippen molar-refractivity contribution in [1.29, 1.82) is 0 Å². The second kappa shape index (κ2) is 3.59. The Morgan fingerprint density at radius 2 is 2.31 bits per heavy atom. The SMILES string of the molecule is CC(N)Cc1ccc2nc(C3CC3)oc2c1. The van der Waals surface area contributed by atoms with Crippen LogP contribution < -0.4 is 5.73 Å². The molecule has 84 valence electrons. The molecule has 1 saturated carbocycles. The number of aromatic nitrogens is 1. The standard InChI is InChI=1S/C13H16N2O/c1-8(14)6-9-2-5-11-12(7-9)16-13(15-11)10-3-4-10/h2,5,7-8,10H,3-4,6,14H2,1H3. The van der Waals surface area contributed by atoms with Gasteiger partial charge in [0.2, 0.25) is 0 Å². The molecule has 1 atom stereocenters. The van der Waals surface area contributed by atoms with E-state index in [0.717, 1.165) is 23.4 Å². The lowest BCUT2D eigenvalue weighted by molar-refractivity contribution is 0.532.